The Bertz CT molecular complexity index is 696. The minimum Gasteiger partial charge on any atom is -0.384 e. The van der Waals surface area contributed by atoms with Gasteiger partial charge in [0.1, 0.15) is 17.8 Å². The predicted molar refractivity (Wildman–Crippen MR) is 92.0 cm³/mol. The van der Waals surface area contributed by atoms with Crippen LogP contribution >= 0.6 is 0 Å². The van der Waals surface area contributed by atoms with E-state index in [1.54, 1.807) is 6.20 Å². The van der Waals surface area contributed by atoms with Gasteiger partial charge in [0.2, 0.25) is 0 Å². The number of nitrogens with zero attached hydrogens (tertiary/aromatic N) is 3. The van der Waals surface area contributed by atoms with Crippen molar-refractivity contribution in [3.8, 4) is 0 Å². The maximum Gasteiger partial charge on any atom is 0.172 e. The summed E-state index contributed by atoms with van der Waals surface area (Å²) in [5.74, 6) is 1.37. The van der Waals surface area contributed by atoms with Crippen LogP contribution in [-0.2, 0) is 4.74 Å². The molecule has 1 aromatic rings. The zero-order chi connectivity index (χ0) is 16.5. The fourth-order valence-electron chi connectivity index (χ4n) is 3.28. The van der Waals surface area contributed by atoms with Crippen LogP contribution in [0, 0.1) is 0 Å². The summed E-state index contributed by atoms with van der Waals surface area (Å²) in [5, 5.41) is 6.72. The molecule has 4 N–H and O–H groups in total. The average Bonchev–Trinajstić information content (AvgIpc) is 2.62. The first-order valence-corrected chi connectivity index (χ1v) is 8.17. The predicted octanol–water partition coefficient (Wildman–Crippen LogP) is 0.631. The highest BCUT2D eigenvalue weighted by atomic mass is 16.5. The number of anilines is 1. The average molecular weight is 325 g/mol. The van der Waals surface area contributed by atoms with Crippen molar-refractivity contribution in [1.82, 2.24) is 20.5 Å². The fourth-order valence-corrected chi connectivity index (χ4v) is 3.28. The van der Waals surface area contributed by atoms with Gasteiger partial charge in [0.25, 0.3) is 0 Å². The largest absolute Gasteiger partial charge is 0.384 e. The van der Waals surface area contributed by atoms with Crippen LogP contribution in [0.15, 0.2) is 46.9 Å². The standard InChI is InChI=1S/C17H21N6O/c1-11-9-24-7-6-23(11)17-13-3-4-14(22-16(13)20-10-21-17)12-2-5-15(18)19-8-12/h2-5,8,11,14,17,22H,6-7,9H2,1H3,(H2,18,19)(H,20,21)/t11-,14?,17?/m0/s1. The summed E-state index contributed by atoms with van der Waals surface area (Å²) < 4.78 is 5.54. The Morgan fingerprint density at radius 2 is 2.33 bits per heavy atom. The number of nitrogens with two attached hydrogens (primary N) is 1. The van der Waals surface area contributed by atoms with Crippen LogP contribution in [-0.4, -0.2) is 48.2 Å². The molecule has 0 aromatic carbocycles. The van der Waals surface area contributed by atoms with Crippen molar-refractivity contribution in [2.24, 2.45) is 4.99 Å². The Hall–Kier alpha value is -2.38. The van der Waals surface area contributed by atoms with Gasteiger partial charge >= 0.3 is 0 Å². The van der Waals surface area contributed by atoms with E-state index in [1.807, 2.05) is 12.1 Å². The molecule has 2 unspecified atom stereocenters. The van der Waals surface area contributed by atoms with Gasteiger partial charge < -0.3 is 21.1 Å². The first-order chi connectivity index (χ1) is 11.7. The van der Waals surface area contributed by atoms with Gasteiger partial charge in [0.05, 0.1) is 19.3 Å². The van der Waals surface area contributed by atoms with Crippen LogP contribution in [0.1, 0.15) is 18.5 Å². The minimum atomic E-state index is 0.0308. The topological polar surface area (TPSA) is 87.8 Å². The van der Waals surface area contributed by atoms with Crippen molar-refractivity contribution in [2.45, 2.75) is 25.2 Å². The van der Waals surface area contributed by atoms with Crippen LogP contribution in [0.4, 0.5) is 5.82 Å². The Balaban J connectivity index is 1.56. The molecule has 1 fully saturated rings. The van der Waals surface area contributed by atoms with Gasteiger partial charge in [-0.1, -0.05) is 18.2 Å². The van der Waals surface area contributed by atoms with Crippen LogP contribution in [0.5, 0.6) is 0 Å². The number of morpholine rings is 1. The summed E-state index contributed by atoms with van der Waals surface area (Å²) in [7, 11) is 0. The second-order valence-electron chi connectivity index (χ2n) is 6.23. The second-order valence-corrected chi connectivity index (χ2v) is 6.23. The van der Waals surface area contributed by atoms with Gasteiger partial charge in [-0.05, 0) is 18.6 Å². The number of aromatic nitrogens is 1. The molecule has 7 nitrogen and oxygen atoms in total. The lowest BCUT2D eigenvalue weighted by atomic mass is 10.00. The van der Waals surface area contributed by atoms with Crippen molar-refractivity contribution in [2.75, 3.05) is 25.5 Å². The molecule has 0 amide bonds. The summed E-state index contributed by atoms with van der Waals surface area (Å²) >= 11 is 0. The molecule has 1 radical (unpaired) electrons. The van der Waals surface area contributed by atoms with E-state index in [2.05, 4.69) is 50.9 Å². The number of hydrogen-bond acceptors (Lipinski definition) is 7. The van der Waals surface area contributed by atoms with E-state index in [-0.39, 0.29) is 12.2 Å². The number of hydrogen-bond donors (Lipinski definition) is 3. The summed E-state index contributed by atoms with van der Waals surface area (Å²) in [6, 6.07) is 4.16. The summed E-state index contributed by atoms with van der Waals surface area (Å²) in [4.78, 5) is 10.9. The molecule has 4 heterocycles. The van der Waals surface area contributed by atoms with Crippen LogP contribution in [0.3, 0.4) is 0 Å². The zero-order valence-corrected chi connectivity index (χ0v) is 13.6. The normalized spacial score (nSPS) is 29.8. The van der Waals surface area contributed by atoms with Crippen molar-refractivity contribution >= 4 is 12.2 Å². The number of rotatable bonds is 2. The molecule has 125 valence electrons. The summed E-state index contributed by atoms with van der Waals surface area (Å²) in [5.41, 5.74) is 7.84. The lowest BCUT2D eigenvalue weighted by molar-refractivity contribution is -0.0175. The van der Waals surface area contributed by atoms with Crippen molar-refractivity contribution in [3.63, 3.8) is 0 Å². The summed E-state index contributed by atoms with van der Waals surface area (Å²) in [6.07, 6.45) is 9.05. The molecule has 4 rings (SSSR count). The molecular formula is C17H21N6O. The molecule has 0 saturated carbocycles. The molecule has 7 heteroatoms. The van der Waals surface area contributed by atoms with Crippen LogP contribution in [0.2, 0.25) is 0 Å². The third-order valence-corrected chi connectivity index (χ3v) is 4.62. The maximum absolute atomic E-state index is 5.66. The third-order valence-electron chi connectivity index (χ3n) is 4.62. The van der Waals surface area contributed by atoms with Gasteiger partial charge in [0.15, 0.2) is 6.34 Å². The Kier molecular flexibility index (Phi) is 3.95. The van der Waals surface area contributed by atoms with E-state index in [0.29, 0.717) is 11.9 Å². The van der Waals surface area contributed by atoms with Gasteiger partial charge in [-0.3, -0.25) is 4.90 Å². The number of ether oxygens (including phenoxy) is 1. The third kappa shape index (κ3) is 2.76. The first-order valence-electron chi connectivity index (χ1n) is 8.17. The Morgan fingerprint density at radius 1 is 1.42 bits per heavy atom. The number of aliphatic imine (C=N–C) groups is 1. The van der Waals surface area contributed by atoms with Crippen molar-refractivity contribution in [3.05, 3.63) is 47.4 Å². The number of dihydropyridines is 1. The van der Waals surface area contributed by atoms with Crippen LogP contribution < -0.4 is 16.4 Å². The monoisotopic (exact) mass is 325 g/mol. The van der Waals surface area contributed by atoms with Gasteiger partial charge in [-0.2, -0.15) is 0 Å². The Labute approximate surface area is 141 Å². The number of nitrogens with one attached hydrogen (secondary N) is 2. The number of pyridine rings is 1. The van der Waals surface area contributed by atoms with E-state index < -0.39 is 0 Å². The highest BCUT2D eigenvalue weighted by Crippen LogP contribution is 2.28. The van der Waals surface area contributed by atoms with Crippen molar-refractivity contribution < 1.29 is 4.74 Å². The molecule has 1 aromatic heterocycles. The smallest absolute Gasteiger partial charge is 0.172 e. The lowest BCUT2D eigenvalue weighted by Crippen LogP contribution is -2.56. The van der Waals surface area contributed by atoms with E-state index >= 15 is 0 Å². The molecule has 3 aliphatic heterocycles. The minimum absolute atomic E-state index is 0.0308. The summed E-state index contributed by atoms with van der Waals surface area (Å²) in [6.45, 7) is 4.56. The zero-order valence-electron chi connectivity index (χ0n) is 13.6. The molecule has 3 aliphatic rings. The second kappa shape index (κ2) is 6.26. The molecule has 24 heavy (non-hydrogen) atoms. The Morgan fingerprint density at radius 3 is 3.12 bits per heavy atom. The fraction of sp³-hybridized carbons (Fsp3) is 0.412. The quantitative estimate of drug-likeness (QED) is 0.739. The highest BCUT2D eigenvalue weighted by molar-refractivity contribution is 5.62. The van der Waals surface area contributed by atoms with Gasteiger partial charge in [0, 0.05) is 24.4 Å². The van der Waals surface area contributed by atoms with E-state index in [9.17, 15) is 0 Å². The van der Waals surface area contributed by atoms with Crippen LogP contribution in [0.25, 0.3) is 0 Å². The van der Waals surface area contributed by atoms with Crippen molar-refractivity contribution in [1.29, 1.82) is 0 Å². The molecule has 0 aliphatic carbocycles. The molecular weight excluding hydrogens is 304 g/mol. The SMILES string of the molecule is C[C@H]1COCCN1C1N[C]=NC2=C1C=CC(c1ccc(N)nc1)N2. The first kappa shape index (κ1) is 15.2. The van der Waals surface area contributed by atoms with E-state index in [4.69, 9.17) is 10.5 Å². The molecule has 1 saturated heterocycles. The van der Waals surface area contributed by atoms with E-state index in [0.717, 1.165) is 36.7 Å². The highest BCUT2D eigenvalue weighted by Gasteiger charge is 2.33. The maximum atomic E-state index is 5.66. The molecule has 0 spiro atoms. The van der Waals surface area contributed by atoms with Gasteiger partial charge in [-0.15, -0.1) is 0 Å². The number of nitrogen functional groups attached to an aromatic ring is 1. The van der Waals surface area contributed by atoms with Gasteiger partial charge in [-0.25, -0.2) is 9.98 Å². The van der Waals surface area contributed by atoms with E-state index in [1.165, 1.54) is 0 Å². The molecule has 3 atom stereocenters. The lowest BCUT2D eigenvalue weighted by Gasteiger charge is -2.41. The molecule has 0 bridgehead atoms.